The Balaban J connectivity index is 2.80. The highest BCUT2D eigenvalue weighted by atomic mass is 19.4. The van der Waals surface area contributed by atoms with E-state index < -0.39 is 24.6 Å². The number of anilines is 2. The molecule has 1 aromatic rings. The lowest BCUT2D eigenvalue weighted by molar-refractivity contribution is -0.136. The largest absolute Gasteiger partial charge is 0.478 e. The molecule has 0 heterocycles. The molecule has 7 heteroatoms. The molecule has 0 saturated carbocycles. The molecule has 0 saturated heterocycles. The Morgan fingerprint density at radius 1 is 1.50 bits per heavy atom. The van der Waals surface area contributed by atoms with Crippen molar-refractivity contribution in [3.05, 3.63) is 23.8 Å². The quantitative estimate of drug-likeness (QED) is 0.729. The van der Waals surface area contributed by atoms with Crippen molar-refractivity contribution < 1.29 is 23.1 Å². The van der Waals surface area contributed by atoms with Crippen molar-refractivity contribution in [1.29, 1.82) is 0 Å². The minimum Gasteiger partial charge on any atom is -0.478 e. The fraction of sp³-hybridized carbons (Fsp3) is 0.364. The third-order valence-electron chi connectivity index (χ3n) is 2.23. The maximum atomic E-state index is 12.1. The van der Waals surface area contributed by atoms with Crippen LogP contribution in [0, 0.1) is 0 Å². The van der Waals surface area contributed by atoms with E-state index in [0.29, 0.717) is 5.69 Å². The van der Waals surface area contributed by atoms with E-state index in [1.807, 2.05) is 0 Å². The van der Waals surface area contributed by atoms with Crippen LogP contribution in [0.1, 0.15) is 23.7 Å². The van der Waals surface area contributed by atoms with Gasteiger partial charge < -0.3 is 16.2 Å². The fourth-order valence-electron chi connectivity index (χ4n) is 1.51. The first-order valence-electron chi connectivity index (χ1n) is 5.15. The Morgan fingerprint density at radius 2 is 2.11 bits per heavy atom. The van der Waals surface area contributed by atoms with Crippen molar-refractivity contribution in [2.45, 2.75) is 25.6 Å². The van der Waals surface area contributed by atoms with Crippen LogP contribution in [-0.4, -0.2) is 23.3 Å². The summed E-state index contributed by atoms with van der Waals surface area (Å²) in [6.45, 7) is 1.37. The lowest BCUT2D eigenvalue weighted by Crippen LogP contribution is -2.24. The molecule has 0 radical (unpaired) electrons. The Hall–Kier alpha value is -1.92. The van der Waals surface area contributed by atoms with Crippen molar-refractivity contribution in [2.24, 2.45) is 0 Å². The number of rotatable bonds is 4. The normalized spacial score (nSPS) is 13.1. The molecule has 1 unspecified atom stereocenters. The van der Waals surface area contributed by atoms with Gasteiger partial charge >= 0.3 is 12.1 Å². The number of carbonyl (C=O) groups is 1. The van der Waals surface area contributed by atoms with Gasteiger partial charge in [0.25, 0.3) is 0 Å². The van der Waals surface area contributed by atoms with Gasteiger partial charge in [0.15, 0.2) is 0 Å². The Morgan fingerprint density at radius 3 is 2.61 bits per heavy atom. The number of alkyl halides is 3. The molecule has 4 N–H and O–H groups in total. The zero-order valence-electron chi connectivity index (χ0n) is 9.58. The number of nitrogens with two attached hydrogens (primary N) is 1. The second-order valence-electron chi connectivity index (χ2n) is 3.97. The molecule has 0 amide bonds. The lowest BCUT2D eigenvalue weighted by atomic mass is 10.1. The number of aromatic carboxylic acids is 1. The molecule has 4 nitrogen and oxygen atoms in total. The minimum absolute atomic E-state index is 0.0662. The minimum atomic E-state index is -4.27. The van der Waals surface area contributed by atoms with Crippen LogP contribution >= 0.6 is 0 Å². The van der Waals surface area contributed by atoms with E-state index in [1.54, 1.807) is 0 Å². The third kappa shape index (κ3) is 4.15. The molecule has 0 aliphatic rings. The molecule has 0 spiro atoms. The van der Waals surface area contributed by atoms with Gasteiger partial charge in [-0.05, 0) is 25.1 Å². The van der Waals surface area contributed by atoms with E-state index in [9.17, 15) is 18.0 Å². The molecule has 18 heavy (non-hydrogen) atoms. The molecular weight excluding hydrogens is 249 g/mol. The van der Waals surface area contributed by atoms with Gasteiger partial charge in [-0.15, -0.1) is 0 Å². The highest BCUT2D eigenvalue weighted by Gasteiger charge is 2.29. The van der Waals surface area contributed by atoms with Crippen molar-refractivity contribution in [3.63, 3.8) is 0 Å². The van der Waals surface area contributed by atoms with E-state index in [2.05, 4.69) is 5.32 Å². The first-order chi connectivity index (χ1) is 8.19. The van der Waals surface area contributed by atoms with Crippen molar-refractivity contribution >= 4 is 17.3 Å². The van der Waals surface area contributed by atoms with Crippen LogP contribution in [-0.2, 0) is 0 Å². The van der Waals surface area contributed by atoms with Crippen LogP contribution in [0.3, 0.4) is 0 Å². The average molecular weight is 262 g/mol. The Labute approximate surface area is 102 Å². The van der Waals surface area contributed by atoms with Crippen LogP contribution in [0.15, 0.2) is 18.2 Å². The topological polar surface area (TPSA) is 75.3 Å². The van der Waals surface area contributed by atoms with E-state index in [1.165, 1.54) is 25.1 Å². The van der Waals surface area contributed by atoms with E-state index >= 15 is 0 Å². The summed E-state index contributed by atoms with van der Waals surface area (Å²) in [6.07, 6.45) is -5.27. The number of nitrogens with one attached hydrogen (secondary N) is 1. The van der Waals surface area contributed by atoms with Gasteiger partial charge in [0.1, 0.15) is 0 Å². The summed E-state index contributed by atoms with van der Waals surface area (Å²) in [7, 11) is 0. The van der Waals surface area contributed by atoms with E-state index in [-0.39, 0.29) is 11.3 Å². The summed E-state index contributed by atoms with van der Waals surface area (Å²) < 4.78 is 36.4. The first kappa shape index (κ1) is 14.1. The van der Waals surface area contributed by atoms with Gasteiger partial charge in [-0.25, -0.2) is 4.79 Å². The number of nitrogen functional groups attached to an aromatic ring is 1. The van der Waals surface area contributed by atoms with Gasteiger partial charge in [0.2, 0.25) is 0 Å². The maximum Gasteiger partial charge on any atom is 0.391 e. The zero-order chi connectivity index (χ0) is 13.9. The SMILES string of the molecule is CC(CC(F)(F)F)Nc1ccc(N)c(C(=O)O)c1. The fourth-order valence-corrected chi connectivity index (χ4v) is 1.51. The smallest absolute Gasteiger partial charge is 0.391 e. The number of halogens is 3. The molecule has 100 valence electrons. The van der Waals surface area contributed by atoms with E-state index in [0.717, 1.165) is 0 Å². The van der Waals surface area contributed by atoms with Crippen LogP contribution < -0.4 is 11.1 Å². The summed E-state index contributed by atoms with van der Waals surface area (Å²) >= 11 is 0. The Bertz CT molecular complexity index is 446. The lowest BCUT2D eigenvalue weighted by Gasteiger charge is -2.17. The second-order valence-corrected chi connectivity index (χ2v) is 3.97. The van der Waals surface area contributed by atoms with Gasteiger partial charge in [-0.2, -0.15) is 13.2 Å². The molecule has 0 aliphatic heterocycles. The molecule has 0 fully saturated rings. The number of carboxylic acid groups (broad SMARTS) is 1. The van der Waals surface area contributed by atoms with Crippen molar-refractivity contribution in [1.82, 2.24) is 0 Å². The molecule has 1 rings (SSSR count). The van der Waals surface area contributed by atoms with Gasteiger partial charge in [-0.3, -0.25) is 0 Å². The van der Waals surface area contributed by atoms with Gasteiger partial charge in [-0.1, -0.05) is 0 Å². The summed E-state index contributed by atoms with van der Waals surface area (Å²) in [4.78, 5) is 10.8. The predicted molar refractivity (Wildman–Crippen MR) is 61.6 cm³/mol. The molecule has 0 bridgehead atoms. The maximum absolute atomic E-state index is 12.1. The number of benzene rings is 1. The van der Waals surface area contributed by atoms with Crippen molar-refractivity contribution in [2.75, 3.05) is 11.1 Å². The highest BCUT2D eigenvalue weighted by Crippen LogP contribution is 2.24. The van der Waals surface area contributed by atoms with Crippen LogP contribution in [0.25, 0.3) is 0 Å². The predicted octanol–water partition coefficient (Wildman–Crippen LogP) is 2.72. The highest BCUT2D eigenvalue weighted by molar-refractivity contribution is 5.94. The average Bonchev–Trinajstić information content (AvgIpc) is 2.17. The Kier molecular flexibility index (Phi) is 4.05. The standard InChI is InChI=1S/C11H13F3N2O2/c1-6(5-11(12,13)14)16-7-2-3-9(15)8(4-7)10(17)18/h2-4,6,16H,5,15H2,1H3,(H,17,18). The third-order valence-corrected chi connectivity index (χ3v) is 2.23. The number of carboxylic acids is 1. The summed E-state index contributed by atoms with van der Waals surface area (Å²) in [6, 6.07) is 3.14. The summed E-state index contributed by atoms with van der Waals surface area (Å²) in [5, 5.41) is 11.4. The van der Waals surface area contributed by atoms with Crippen molar-refractivity contribution in [3.8, 4) is 0 Å². The van der Waals surface area contributed by atoms with E-state index in [4.69, 9.17) is 10.8 Å². The van der Waals surface area contributed by atoms with Crippen LogP contribution in [0.2, 0.25) is 0 Å². The summed E-state index contributed by atoms with van der Waals surface area (Å²) in [5.74, 6) is -1.22. The zero-order valence-corrected chi connectivity index (χ0v) is 9.58. The molecular formula is C11H13F3N2O2. The van der Waals surface area contributed by atoms with Crippen LogP contribution in [0.4, 0.5) is 24.5 Å². The number of hydrogen-bond acceptors (Lipinski definition) is 3. The number of hydrogen-bond donors (Lipinski definition) is 3. The summed E-state index contributed by atoms with van der Waals surface area (Å²) in [5.41, 5.74) is 5.65. The molecule has 1 atom stereocenters. The molecule has 0 aliphatic carbocycles. The first-order valence-corrected chi connectivity index (χ1v) is 5.15. The van der Waals surface area contributed by atoms with Gasteiger partial charge in [0.05, 0.1) is 12.0 Å². The molecule has 0 aromatic heterocycles. The second kappa shape index (κ2) is 5.16. The van der Waals surface area contributed by atoms with Crippen LogP contribution in [0.5, 0.6) is 0 Å². The monoisotopic (exact) mass is 262 g/mol. The van der Waals surface area contributed by atoms with Gasteiger partial charge in [0, 0.05) is 17.4 Å². The molecule has 1 aromatic carbocycles.